The smallest absolute Gasteiger partial charge is 0.315 e. The summed E-state index contributed by atoms with van der Waals surface area (Å²) in [6, 6.07) is 16.2. The number of carbonyl (C=O) groups is 1. The van der Waals surface area contributed by atoms with Crippen molar-refractivity contribution < 1.29 is 9.90 Å². The van der Waals surface area contributed by atoms with Crippen LogP contribution in [0, 0.1) is 0 Å². The minimum absolute atomic E-state index is 0.141. The Morgan fingerprint density at radius 1 is 1.05 bits per heavy atom. The zero-order chi connectivity index (χ0) is 15.1. The van der Waals surface area contributed by atoms with Crippen LogP contribution in [0.4, 0.5) is 4.79 Å². The Morgan fingerprint density at radius 2 is 1.71 bits per heavy atom. The SMILES string of the molecule is O=C(NCc1ccccc1)NCC(O)c1ccc(Cl)cc1. The second-order valence-corrected chi connectivity index (χ2v) is 5.05. The molecule has 2 aromatic carbocycles. The van der Waals surface area contributed by atoms with Gasteiger partial charge >= 0.3 is 6.03 Å². The number of aliphatic hydroxyl groups is 1. The van der Waals surface area contributed by atoms with Gasteiger partial charge in [-0.2, -0.15) is 0 Å². The van der Waals surface area contributed by atoms with Crippen molar-refractivity contribution in [1.29, 1.82) is 0 Å². The van der Waals surface area contributed by atoms with Crippen molar-refractivity contribution in [3.05, 3.63) is 70.7 Å². The van der Waals surface area contributed by atoms with E-state index in [1.807, 2.05) is 30.3 Å². The van der Waals surface area contributed by atoms with E-state index in [9.17, 15) is 9.90 Å². The summed E-state index contributed by atoms with van der Waals surface area (Å²) < 4.78 is 0. The van der Waals surface area contributed by atoms with Crippen molar-refractivity contribution in [3.63, 3.8) is 0 Å². The van der Waals surface area contributed by atoms with Gasteiger partial charge in [-0.3, -0.25) is 0 Å². The number of amides is 2. The molecule has 0 radical (unpaired) electrons. The number of hydrogen-bond acceptors (Lipinski definition) is 2. The van der Waals surface area contributed by atoms with E-state index in [0.717, 1.165) is 5.56 Å². The van der Waals surface area contributed by atoms with E-state index in [4.69, 9.17) is 11.6 Å². The van der Waals surface area contributed by atoms with Crippen LogP contribution < -0.4 is 10.6 Å². The van der Waals surface area contributed by atoms with E-state index in [1.165, 1.54) is 0 Å². The Labute approximate surface area is 128 Å². The van der Waals surface area contributed by atoms with Crippen LogP contribution in [0.15, 0.2) is 54.6 Å². The molecule has 0 spiro atoms. The number of hydrogen-bond donors (Lipinski definition) is 3. The lowest BCUT2D eigenvalue weighted by atomic mass is 10.1. The molecule has 1 unspecified atom stereocenters. The summed E-state index contributed by atoms with van der Waals surface area (Å²) in [7, 11) is 0. The normalized spacial score (nSPS) is 11.7. The summed E-state index contributed by atoms with van der Waals surface area (Å²) in [5.41, 5.74) is 1.73. The maximum Gasteiger partial charge on any atom is 0.315 e. The van der Waals surface area contributed by atoms with E-state index < -0.39 is 6.10 Å². The minimum Gasteiger partial charge on any atom is -0.387 e. The Kier molecular flexibility index (Phi) is 5.60. The highest BCUT2D eigenvalue weighted by molar-refractivity contribution is 6.30. The molecule has 0 aromatic heterocycles. The van der Waals surface area contributed by atoms with Gasteiger partial charge in [-0.1, -0.05) is 54.1 Å². The standard InChI is InChI=1S/C16H17ClN2O2/c17-14-8-6-13(7-9-14)15(20)11-19-16(21)18-10-12-4-2-1-3-5-12/h1-9,15,20H,10-11H2,(H2,18,19,21). The average Bonchev–Trinajstić information content (AvgIpc) is 2.52. The molecule has 0 saturated heterocycles. The van der Waals surface area contributed by atoms with Crippen molar-refractivity contribution in [2.24, 2.45) is 0 Å². The number of aliphatic hydroxyl groups excluding tert-OH is 1. The molecule has 0 bridgehead atoms. The zero-order valence-corrected chi connectivity index (χ0v) is 12.2. The largest absolute Gasteiger partial charge is 0.387 e. The van der Waals surface area contributed by atoms with Crippen LogP contribution in [-0.2, 0) is 6.54 Å². The molecular weight excluding hydrogens is 288 g/mol. The topological polar surface area (TPSA) is 61.4 Å². The van der Waals surface area contributed by atoms with Gasteiger partial charge in [0, 0.05) is 18.1 Å². The third-order valence-electron chi connectivity index (χ3n) is 3.01. The second kappa shape index (κ2) is 7.67. The van der Waals surface area contributed by atoms with Crippen molar-refractivity contribution in [3.8, 4) is 0 Å². The summed E-state index contributed by atoms with van der Waals surface area (Å²) in [5.74, 6) is 0. The Bertz CT molecular complexity index is 573. The third-order valence-corrected chi connectivity index (χ3v) is 3.26. The molecular formula is C16H17ClN2O2. The Balaban J connectivity index is 1.74. The fourth-order valence-corrected chi connectivity index (χ4v) is 1.96. The lowest BCUT2D eigenvalue weighted by Crippen LogP contribution is -2.37. The molecule has 0 aliphatic rings. The monoisotopic (exact) mass is 304 g/mol. The highest BCUT2D eigenvalue weighted by Gasteiger charge is 2.09. The number of urea groups is 1. The van der Waals surface area contributed by atoms with Crippen molar-refractivity contribution in [2.45, 2.75) is 12.6 Å². The van der Waals surface area contributed by atoms with Crippen molar-refractivity contribution in [2.75, 3.05) is 6.54 Å². The highest BCUT2D eigenvalue weighted by Crippen LogP contribution is 2.15. The summed E-state index contributed by atoms with van der Waals surface area (Å²) >= 11 is 5.78. The first-order valence-corrected chi connectivity index (χ1v) is 7.02. The number of rotatable bonds is 5. The summed E-state index contributed by atoms with van der Waals surface area (Å²) in [5, 5.41) is 15.9. The molecule has 0 fully saturated rings. The van der Waals surface area contributed by atoms with Crippen LogP contribution in [0.3, 0.4) is 0 Å². The Morgan fingerprint density at radius 3 is 2.38 bits per heavy atom. The van der Waals surface area contributed by atoms with Crippen LogP contribution >= 0.6 is 11.6 Å². The first-order valence-electron chi connectivity index (χ1n) is 6.64. The van der Waals surface area contributed by atoms with E-state index in [0.29, 0.717) is 17.1 Å². The molecule has 2 aromatic rings. The Hall–Kier alpha value is -2.04. The van der Waals surface area contributed by atoms with E-state index in [1.54, 1.807) is 24.3 Å². The van der Waals surface area contributed by atoms with Gasteiger partial charge in [0.15, 0.2) is 0 Å². The van der Waals surface area contributed by atoms with Gasteiger partial charge in [0.1, 0.15) is 0 Å². The molecule has 0 aliphatic heterocycles. The van der Waals surface area contributed by atoms with E-state index >= 15 is 0 Å². The molecule has 21 heavy (non-hydrogen) atoms. The fourth-order valence-electron chi connectivity index (χ4n) is 1.83. The maximum atomic E-state index is 11.7. The number of carbonyl (C=O) groups excluding carboxylic acids is 1. The minimum atomic E-state index is -0.759. The lowest BCUT2D eigenvalue weighted by Gasteiger charge is -2.13. The maximum absolute atomic E-state index is 11.7. The quantitative estimate of drug-likeness (QED) is 0.795. The van der Waals surface area contributed by atoms with Gasteiger partial charge < -0.3 is 15.7 Å². The van der Waals surface area contributed by atoms with Gasteiger partial charge in [0.05, 0.1) is 6.10 Å². The number of benzene rings is 2. The van der Waals surface area contributed by atoms with Gasteiger partial charge in [-0.15, -0.1) is 0 Å². The van der Waals surface area contributed by atoms with Crippen LogP contribution in [0.1, 0.15) is 17.2 Å². The molecule has 5 heteroatoms. The van der Waals surface area contributed by atoms with Gasteiger partial charge in [-0.25, -0.2) is 4.79 Å². The number of halogens is 1. The average molecular weight is 305 g/mol. The van der Waals surface area contributed by atoms with E-state index in [-0.39, 0.29) is 12.6 Å². The third kappa shape index (κ3) is 5.10. The van der Waals surface area contributed by atoms with Gasteiger partial charge in [-0.05, 0) is 23.3 Å². The van der Waals surface area contributed by atoms with Gasteiger partial charge in [0.2, 0.25) is 0 Å². The molecule has 1 atom stereocenters. The van der Waals surface area contributed by atoms with Crippen molar-refractivity contribution >= 4 is 17.6 Å². The van der Waals surface area contributed by atoms with E-state index in [2.05, 4.69) is 10.6 Å². The van der Waals surface area contributed by atoms with Crippen LogP contribution in [0.5, 0.6) is 0 Å². The molecule has 110 valence electrons. The first-order chi connectivity index (χ1) is 10.1. The molecule has 2 rings (SSSR count). The number of nitrogens with one attached hydrogen (secondary N) is 2. The molecule has 4 nitrogen and oxygen atoms in total. The summed E-state index contributed by atoms with van der Waals surface area (Å²) in [4.78, 5) is 11.7. The summed E-state index contributed by atoms with van der Waals surface area (Å²) in [6.07, 6.45) is -0.759. The molecule has 0 saturated carbocycles. The predicted octanol–water partition coefficient (Wildman–Crippen LogP) is 2.87. The second-order valence-electron chi connectivity index (χ2n) is 4.62. The van der Waals surface area contributed by atoms with Gasteiger partial charge in [0.25, 0.3) is 0 Å². The molecule has 3 N–H and O–H groups in total. The van der Waals surface area contributed by atoms with Crippen LogP contribution in [0.2, 0.25) is 5.02 Å². The zero-order valence-electron chi connectivity index (χ0n) is 11.4. The van der Waals surface area contributed by atoms with Crippen LogP contribution in [0.25, 0.3) is 0 Å². The molecule has 0 aliphatic carbocycles. The predicted molar refractivity (Wildman–Crippen MR) is 83.1 cm³/mol. The molecule has 0 heterocycles. The van der Waals surface area contributed by atoms with Crippen molar-refractivity contribution in [1.82, 2.24) is 10.6 Å². The van der Waals surface area contributed by atoms with Crippen LogP contribution in [-0.4, -0.2) is 17.7 Å². The lowest BCUT2D eigenvalue weighted by molar-refractivity contribution is 0.173. The molecule has 2 amide bonds. The first kappa shape index (κ1) is 15.4. The summed E-state index contributed by atoms with van der Waals surface area (Å²) in [6.45, 7) is 0.589. The highest BCUT2D eigenvalue weighted by atomic mass is 35.5. The fraction of sp³-hybridized carbons (Fsp3) is 0.188.